The van der Waals surface area contributed by atoms with E-state index in [1.807, 2.05) is 41.3 Å². The van der Waals surface area contributed by atoms with Gasteiger partial charge in [-0.15, -0.1) is 0 Å². The molecule has 156 valence electrons. The fourth-order valence-electron chi connectivity index (χ4n) is 5.12. The number of amides is 1. The maximum absolute atomic E-state index is 13.1. The van der Waals surface area contributed by atoms with Crippen LogP contribution in [0.15, 0.2) is 48.5 Å². The SMILES string of the molecule is O=C1OC(c2ccccc2)Cc2cc(C(=O)N3CCN(C4CCCC4)CC3)ccc21. The number of hydrogen-bond acceptors (Lipinski definition) is 4. The van der Waals surface area contributed by atoms with Crippen molar-refractivity contribution < 1.29 is 14.3 Å². The lowest BCUT2D eigenvalue weighted by Gasteiger charge is -2.38. The van der Waals surface area contributed by atoms with Crippen molar-refractivity contribution in [3.8, 4) is 0 Å². The van der Waals surface area contributed by atoms with Gasteiger partial charge in [-0.3, -0.25) is 9.69 Å². The largest absolute Gasteiger partial charge is 0.454 e. The first kappa shape index (κ1) is 19.3. The van der Waals surface area contributed by atoms with E-state index in [1.54, 1.807) is 12.1 Å². The zero-order chi connectivity index (χ0) is 20.5. The number of cyclic esters (lactones) is 1. The minimum absolute atomic E-state index is 0.0686. The monoisotopic (exact) mass is 404 g/mol. The number of carbonyl (C=O) groups excluding carboxylic acids is 2. The number of nitrogens with zero attached hydrogens (tertiary/aromatic N) is 2. The molecular formula is C25H28N2O3. The second-order valence-electron chi connectivity index (χ2n) is 8.65. The molecule has 2 heterocycles. The zero-order valence-corrected chi connectivity index (χ0v) is 17.3. The van der Waals surface area contributed by atoms with E-state index in [1.165, 1.54) is 25.7 Å². The first-order chi connectivity index (χ1) is 14.7. The van der Waals surface area contributed by atoms with Gasteiger partial charge in [-0.1, -0.05) is 43.2 Å². The van der Waals surface area contributed by atoms with Gasteiger partial charge in [-0.05, 0) is 42.2 Å². The summed E-state index contributed by atoms with van der Waals surface area (Å²) in [6.07, 6.45) is 5.58. The first-order valence-corrected chi connectivity index (χ1v) is 11.1. The van der Waals surface area contributed by atoms with Crippen LogP contribution in [0.25, 0.3) is 0 Å². The lowest BCUT2D eigenvalue weighted by atomic mass is 9.93. The average Bonchev–Trinajstić information content (AvgIpc) is 3.34. The number of ether oxygens (including phenoxy) is 1. The fourth-order valence-corrected chi connectivity index (χ4v) is 5.12. The molecule has 3 aliphatic rings. The van der Waals surface area contributed by atoms with Gasteiger partial charge in [0, 0.05) is 44.2 Å². The lowest BCUT2D eigenvalue weighted by Crippen LogP contribution is -2.51. The summed E-state index contributed by atoms with van der Waals surface area (Å²) in [5, 5.41) is 0. The summed E-state index contributed by atoms with van der Waals surface area (Å²) in [4.78, 5) is 30.1. The number of piperazine rings is 1. The van der Waals surface area contributed by atoms with Crippen LogP contribution in [0.5, 0.6) is 0 Å². The predicted octanol–water partition coefficient (Wildman–Crippen LogP) is 3.84. The second-order valence-corrected chi connectivity index (χ2v) is 8.65. The molecule has 1 atom stereocenters. The van der Waals surface area contributed by atoms with E-state index in [0.29, 0.717) is 23.6 Å². The molecule has 5 nitrogen and oxygen atoms in total. The molecule has 5 rings (SSSR count). The Hall–Kier alpha value is -2.66. The van der Waals surface area contributed by atoms with Gasteiger partial charge in [0.25, 0.3) is 5.91 Å². The smallest absolute Gasteiger partial charge is 0.339 e. The number of hydrogen-bond donors (Lipinski definition) is 0. The highest BCUT2D eigenvalue weighted by atomic mass is 16.5. The number of rotatable bonds is 3. The molecule has 0 spiro atoms. The van der Waals surface area contributed by atoms with Crippen molar-refractivity contribution in [2.24, 2.45) is 0 Å². The van der Waals surface area contributed by atoms with E-state index in [0.717, 1.165) is 37.3 Å². The minimum atomic E-state index is -0.311. The third-order valence-electron chi connectivity index (χ3n) is 6.84. The fraction of sp³-hybridized carbons (Fsp3) is 0.440. The Labute approximate surface area is 177 Å². The molecule has 1 saturated heterocycles. The summed E-state index contributed by atoms with van der Waals surface area (Å²) in [7, 11) is 0. The number of benzene rings is 2. The van der Waals surface area contributed by atoms with Crippen molar-refractivity contribution in [3.63, 3.8) is 0 Å². The van der Waals surface area contributed by atoms with Crippen LogP contribution in [0.4, 0.5) is 0 Å². The molecule has 30 heavy (non-hydrogen) atoms. The van der Waals surface area contributed by atoms with Crippen molar-refractivity contribution in [3.05, 3.63) is 70.8 Å². The average molecular weight is 405 g/mol. The number of carbonyl (C=O) groups is 2. The quantitative estimate of drug-likeness (QED) is 0.730. The van der Waals surface area contributed by atoms with E-state index in [4.69, 9.17) is 4.74 Å². The Bertz CT molecular complexity index is 929. The van der Waals surface area contributed by atoms with Crippen molar-refractivity contribution in [2.75, 3.05) is 26.2 Å². The number of fused-ring (bicyclic) bond motifs is 1. The Morgan fingerprint density at radius 2 is 1.67 bits per heavy atom. The maximum atomic E-state index is 13.1. The topological polar surface area (TPSA) is 49.9 Å². The molecule has 1 aliphatic carbocycles. The van der Waals surface area contributed by atoms with E-state index in [-0.39, 0.29) is 18.0 Å². The zero-order valence-electron chi connectivity index (χ0n) is 17.3. The van der Waals surface area contributed by atoms with Crippen molar-refractivity contribution in [1.82, 2.24) is 9.80 Å². The summed E-state index contributed by atoms with van der Waals surface area (Å²) < 4.78 is 5.64. The molecule has 2 fully saturated rings. The highest BCUT2D eigenvalue weighted by molar-refractivity contribution is 5.97. The first-order valence-electron chi connectivity index (χ1n) is 11.1. The molecule has 1 saturated carbocycles. The minimum Gasteiger partial charge on any atom is -0.454 e. The van der Waals surface area contributed by atoms with E-state index < -0.39 is 0 Å². The van der Waals surface area contributed by atoms with Crippen LogP contribution in [0.2, 0.25) is 0 Å². The van der Waals surface area contributed by atoms with Crippen LogP contribution in [-0.4, -0.2) is 53.9 Å². The molecule has 0 N–H and O–H groups in total. The lowest BCUT2D eigenvalue weighted by molar-refractivity contribution is 0.0252. The van der Waals surface area contributed by atoms with Crippen molar-refractivity contribution >= 4 is 11.9 Å². The molecule has 0 aromatic heterocycles. The Morgan fingerprint density at radius 1 is 0.933 bits per heavy atom. The van der Waals surface area contributed by atoms with Crippen molar-refractivity contribution in [1.29, 1.82) is 0 Å². The molecule has 5 heteroatoms. The highest BCUT2D eigenvalue weighted by Gasteiger charge is 2.31. The summed E-state index contributed by atoms with van der Waals surface area (Å²) in [6, 6.07) is 15.9. The van der Waals surface area contributed by atoms with Gasteiger partial charge in [0.1, 0.15) is 6.10 Å². The maximum Gasteiger partial charge on any atom is 0.339 e. The van der Waals surface area contributed by atoms with E-state index >= 15 is 0 Å². The van der Waals surface area contributed by atoms with E-state index in [2.05, 4.69) is 4.90 Å². The second kappa shape index (κ2) is 8.23. The molecule has 2 aliphatic heterocycles. The highest BCUT2D eigenvalue weighted by Crippen LogP contribution is 2.31. The summed E-state index contributed by atoms with van der Waals surface area (Å²) in [5.74, 6) is -0.242. The summed E-state index contributed by atoms with van der Waals surface area (Å²) >= 11 is 0. The van der Waals surface area contributed by atoms with Gasteiger partial charge >= 0.3 is 5.97 Å². The van der Waals surface area contributed by atoms with Crippen LogP contribution in [0.1, 0.15) is 63.6 Å². The van der Waals surface area contributed by atoms with Gasteiger partial charge in [-0.25, -0.2) is 4.79 Å². The third kappa shape index (κ3) is 3.74. The van der Waals surface area contributed by atoms with Gasteiger partial charge in [0.05, 0.1) is 5.56 Å². The van der Waals surface area contributed by atoms with Crippen LogP contribution >= 0.6 is 0 Å². The summed E-state index contributed by atoms with van der Waals surface area (Å²) in [6.45, 7) is 3.48. The molecule has 0 bridgehead atoms. The standard InChI is InChI=1S/C25H28N2O3/c28-24(27-14-12-26(13-15-27)21-8-4-5-9-21)19-10-11-22-20(16-19)17-23(30-25(22)29)18-6-2-1-3-7-18/h1-3,6-7,10-11,16,21,23H,4-5,8-9,12-15,17H2. The number of esters is 1. The molecule has 0 radical (unpaired) electrons. The summed E-state index contributed by atoms with van der Waals surface area (Å²) in [5.41, 5.74) is 3.13. The third-order valence-corrected chi connectivity index (χ3v) is 6.84. The van der Waals surface area contributed by atoms with Gasteiger partial charge < -0.3 is 9.64 Å². The van der Waals surface area contributed by atoms with Gasteiger partial charge in [0.2, 0.25) is 0 Å². The van der Waals surface area contributed by atoms with Crippen molar-refractivity contribution in [2.45, 2.75) is 44.2 Å². The molecule has 1 unspecified atom stereocenters. The molecular weight excluding hydrogens is 376 g/mol. The Balaban J connectivity index is 1.29. The van der Waals surface area contributed by atoms with Crippen LogP contribution in [-0.2, 0) is 11.2 Å². The van der Waals surface area contributed by atoms with Crippen LogP contribution in [0, 0.1) is 0 Å². The van der Waals surface area contributed by atoms with Crippen LogP contribution in [0.3, 0.4) is 0 Å². The molecule has 1 amide bonds. The Kier molecular flexibility index (Phi) is 5.30. The Morgan fingerprint density at radius 3 is 2.40 bits per heavy atom. The van der Waals surface area contributed by atoms with Gasteiger partial charge in [0.15, 0.2) is 0 Å². The van der Waals surface area contributed by atoms with Gasteiger partial charge in [-0.2, -0.15) is 0 Å². The normalized spacial score (nSPS) is 22.6. The van der Waals surface area contributed by atoms with E-state index in [9.17, 15) is 9.59 Å². The molecule has 2 aromatic carbocycles. The van der Waals surface area contributed by atoms with Crippen LogP contribution < -0.4 is 0 Å². The predicted molar refractivity (Wildman–Crippen MR) is 114 cm³/mol. The molecule has 2 aromatic rings.